The summed E-state index contributed by atoms with van der Waals surface area (Å²) in [7, 11) is 0. The summed E-state index contributed by atoms with van der Waals surface area (Å²) in [6.07, 6.45) is 1.09. The van der Waals surface area contributed by atoms with E-state index < -0.39 is 0 Å². The number of hydrogen-bond donors (Lipinski definition) is 2. The Balaban J connectivity index is 2.41. The highest BCUT2D eigenvalue weighted by Crippen LogP contribution is 2.19. The van der Waals surface area contributed by atoms with Crippen LogP contribution in [-0.4, -0.2) is 13.1 Å². The molecule has 1 unspecified atom stereocenters. The molecule has 0 saturated heterocycles. The lowest BCUT2D eigenvalue weighted by Crippen LogP contribution is -2.14. The van der Waals surface area contributed by atoms with Crippen molar-refractivity contribution < 1.29 is 0 Å². The first kappa shape index (κ1) is 12.3. The van der Waals surface area contributed by atoms with Crippen molar-refractivity contribution in [3.63, 3.8) is 0 Å². The molecule has 0 radical (unpaired) electrons. The van der Waals surface area contributed by atoms with Crippen molar-refractivity contribution in [1.29, 1.82) is 0 Å². The second-order valence-corrected chi connectivity index (χ2v) is 4.43. The van der Waals surface area contributed by atoms with Gasteiger partial charge in [0, 0.05) is 17.3 Å². The fraction of sp³-hybridized carbons (Fsp3) is 0.500. The number of nitrogens with two attached hydrogens (primary N) is 1. The molecule has 15 heavy (non-hydrogen) atoms. The number of rotatable bonds is 5. The second kappa shape index (κ2) is 5.99. The minimum absolute atomic E-state index is 0.568. The topological polar surface area (TPSA) is 38.0 Å². The van der Waals surface area contributed by atoms with Gasteiger partial charge in [-0.2, -0.15) is 0 Å². The fourth-order valence-corrected chi connectivity index (χ4v) is 1.46. The Morgan fingerprint density at radius 1 is 1.47 bits per heavy atom. The zero-order valence-electron chi connectivity index (χ0n) is 9.39. The molecule has 1 rings (SSSR count). The molecular formula is C12H19ClN2. The SMILES string of the molecule is Cc1ccc(NCCC(C)CN)cc1Cl. The number of hydrogen-bond acceptors (Lipinski definition) is 2. The van der Waals surface area contributed by atoms with E-state index in [0.717, 1.165) is 35.8 Å². The summed E-state index contributed by atoms with van der Waals surface area (Å²) in [6.45, 7) is 5.85. The van der Waals surface area contributed by atoms with Crippen molar-refractivity contribution in [3.8, 4) is 0 Å². The Labute approximate surface area is 96.8 Å². The van der Waals surface area contributed by atoms with E-state index in [9.17, 15) is 0 Å². The summed E-state index contributed by atoms with van der Waals surface area (Å²) >= 11 is 6.02. The standard InChI is InChI=1S/C12H19ClN2/c1-9(8-14)5-6-15-11-4-3-10(2)12(13)7-11/h3-4,7,9,15H,5-6,8,14H2,1-2H3. The molecular weight excluding hydrogens is 208 g/mol. The van der Waals surface area contributed by atoms with Crippen LogP contribution >= 0.6 is 11.6 Å². The minimum Gasteiger partial charge on any atom is -0.385 e. The lowest BCUT2D eigenvalue weighted by atomic mass is 10.1. The number of aryl methyl sites for hydroxylation is 1. The Morgan fingerprint density at radius 3 is 2.80 bits per heavy atom. The highest BCUT2D eigenvalue weighted by molar-refractivity contribution is 6.31. The summed E-state index contributed by atoms with van der Waals surface area (Å²) in [5.74, 6) is 0.568. The van der Waals surface area contributed by atoms with Crippen LogP contribution < -0.4 is 11.1 Å². The van der Waals surface area contributed by atoms with Crippen molar-refractivity contribution in [2.24, 2.45) is 11.7 Å². The van der Waals surface area contributed by atoms with Gasteiger partial charge in [0.05, 0.1) is 0 Å². The molecule has 0 saturated carbocycles. The number of benzene rings is 1. The third kappa shape index (κ3) is 4.10. The van der Waals surface area contributed by atoms with Gasteiger partial charge in [0.1, 0.15) is 0 Å². The van der Waals surface area contributed by atoms with Crippen LogP contribution in [0.2, 0.25) is 5.02 Å². The Morgan fingerprint density at radius 2 is 2.20 bits per heavy atom. The summed E-state index contributed by atoms with van der Waals surface area (Å²) in [4.78, 5) is 0. The van der Waals surface area contributed by atoms with Crippen LogP contribution in [0.4, 0.5) is 5.69 Å². The Hall–Kier alpha value is -0.730. The monoisotopic (exact) mass is 226 g/mol. The molecule has 0 aliphatic rings. The van der Waals surface area contributed by atoms with Crippen molar-refractivity contribution in [3.05, 3.63) is 28.8 Å². The zero-order valence-corrected chi connectivity index (χ0v) is 10.1. The van der Waals surface area contributed by atoms with Gasteiger partial charge in [-0.05, 0) is 43.5 Å². The molecule has 0 aromatic heterocycles. The van der Waals surface area contributed by atoms with E-state index in [-0.39, 0.29) is 0 Å². The number of nitrogens with one attached hydrogen (secondary N) is 1. The molecule has 0 bridgehead atoms. The third-order valence-electron chi connectivity index (χ3n) is 2.54. The average molecular weight is 227 g/mol. The van der Waals surface area contributed by atoms with Crippen LogP contribution in [0.15, 0.2) is 18.2 Å². The molecule has 0 heterocycles. The zero-order chi connectivity index (χ0) is 11.3. The van der Waals surface area contributed by atoms with Gasteiger partial charge >= 0.3 is 0 Å². The molecule has 0 spiro atoms. The Kier molecular flexibility index (Phi) is 4.92. The van der Waals surface area contributed by atoms with Gasteiger partial charge in [-0.3, -0.25) is 0 Å². The molecule has 84 valence electrons. The van der Waals surface area contributed by atoms with Gasteiger partial charge < -0.3 is 11.1 Å². The molecule has 0 amide bonds. The molecule has 1 aromatic rings. The lowest BCUT2D eigenvalue weighted by molar-refractivity contribution is 0.561. The van der Waals surface area contributed by atoms with Gasteiger partial charge in [-0.1, -0.05) is 24.6 Å². The van der Waals surface area contributed by atoms with E-state index in [1.54, 1.807) is 0 Å². The first-order valence-corrected chi connectivity index (χ1v) is 5.71. The quantitative estimate of drug-likeness (QED) is 0.810. The third-order valence-corrected chi connectivity index (χ3v) is 2.95. The smallest absolute Gasteiger partial charge is 0.0455 e. The normalized spacial score (nSPS) is 12.5. The van der Waals surface area contributed by atoms with E-state index >= 15 is 0 Å². The highest BCUT2D eigenvalue weighted by atomic mass is 35.5. The van der Waals surface area contributed by atoms with Gasteiger partial charge in [-0.15, -0.1) is 0 Å². The van der Waals surface area contributed by atoms with Crippen LogP contribution in [0.5, 0.6) is 0 Å². The maximum atomic E-state index is 6.02. The van der Waals surface area contributed by atoms with Crippen LogP contribution in [0.25, 0.3) is 0 Å². The first-order valence-electron chi connectivity index (χ1n) is 5.33. The summed E-state index contributed by atoms with van der Waals surface area (Å²) in [6, 6.07) is 6.04. The van der Waals surface area contributed by atoms with Crippen molar-refractivity contribution in [1.82, 2.24) is 0 Å². The summed E-state index contributed by atoms with van der Waals surface area (Å²) in [5.41, 5.74) is 7.73. The van der Waals surface area contributed by atoms with Gasteiger partial charge in [0.2, 0.25) is 0 Å². The summed E-state index contributed by atoms with van der Waals surface area (Å²) < 4.78 is 0. The van der Waals surface area contributed by atoms with Gasteiger partial charge in [-0.25, -0.2) is 0 Å². The second-order valence-electron chi connectivity index (χ2n) is 4.02. The number of anilines is 1. The predicted molar refractivity (Wildman–Crippen MR) is 67.5 cm³/mol. The van der Waals surface area contributed by atoms with Crippen molar-refractivity contribution in [2.45, 2.75) is 20.3 Å². The van der Waals surface area contributed by atoms with Crippen LogP contribution in [0, 0.1) is 12.8 Å². The van der Waals surface area contributed by atoms with E-state index in [0.29, 0.717) is 5.92 Å². The number of halogens is 1. The lowest BCUT2D eigenvalue weighted by Gasteiger charge is -2.11. The molecule has 1 aromatic carbocycles. The van der Waals surface area contributed by atoms with Crippen LogP contribution in [-0.2, 0) is 0 Å². The van der Waals surface area contributed by atoms with E-state index in [4.69, 9.17) is 17.3 Å². The summed E-state index contributed by atoms with van der Waals surface area (Å²) in [5, 5.41) is 4.15. The first-order chi connectivity index (χ1) is 7.13. The highest BCUT2D eigenvalue weighted by Gasteiger charge is 2.00. The van der Waals surface area contributed by atoms with E-state index in [1.165, 1.54) is 0 Å². The van der Waals surface area contributed by atoms with Crippen LogP contribution in [0.1, 0.15) is 18.9 Å². The predicted octanol–water partition coefficient (Wildman–Crippen LogP) is 3.05. The average Bonchev–Trinajstić information content (AvgIpc) is 2.23. The van der Waals surface area contributed by atoms with Crippen molar-refractivity contribution in [2.75, 3.05) is 18.4 Å². The van der Waals surface area contributed by atoms with Gasteiger partial charge in [0.15, 0.2) is 0 Å². The molecule has 0 aliphatic heterocycles. The van der Waals surface area contributed by atoms with Crippen molar-refractivity contribution >= 4 is 17.3 Å². The molecule has 1 atom stereocenters. The van der Waals surface area contributed by atoms with Gasteiger partial charge in [0.25, 0.3) is 0 Å². The molecule has 2 nitrogen and oxygen atoms in total. The van der Waals surface area contributed by atoms with E-state index in [1.807, 2.05) is 25.1 Å². The minimum atomic E-state index is 0.568. The maximum absolute atomic E-state index is 6.02. The van der Waals surface area contributed by atoms with Crippen LogP contribution in [0.3, 0.4) is 0 Å². The van der Waals surface area contributed by atoms with E-state index in [2.05, 4.69) is 12.2 Å². The molecule has 3 N–H and O–H groups in total. The molecule has 0 aliphatic carbocycles. The fourth-order valence-electron chi connectivity index (χ4n) is 1.28. The molecule has 0 fully saturated rings. The molecule has 3 heteroatoms. The Bertz CT molecular complexity index is 312. The largest absolute Gasteiger partial charge is 0.385 e. The maximum Gasteiger partial charge on any atom is 0.0455 e.